The molecule has 5 heteroatoms. The van der Waals surface area contributed by atoms with Gasteiger partial charge in [-0.2, -0.15) is 4.39 Å². The van der Waals surface area contributed by atoms with Gasteiger partial charge in [0.05, 0.1) is 5.69 Å². The van der Waals surface area contributed by atoms with Crippen molar-refractivity contribution in [3.63, 3.8) is 0 Å². The van der Waals surface area contributed by atoms with Crippen molar-refractivity contribution in [3.8, 4) is 0 Å². The van der Waals surface area contributed by atoms with E-state index in [0.717, 1.165) is 6.07 Å². The molecule has 1 heterocycles. The van der Waals surface area contributed by atoms with E-state index in [4.69, 9.17) is 0 Å². The Morgan fingerprint density at radius 2 is 2.00 bits per heavy atom. The molecule has 0 aliphatic carbocycles. The molecule has 0 radical (unpaired) electrons. The minimum Gasteiger partial charge on any atom is -0.306 e. The van der Waals surface area contributed by atoms with Crippen LogP contribution in [0.1, 0.15) is 17.3 Å². The molecular weight excluding hydrogens is 250 g/mol. The SMILES string of the molecule is CCN(C(=O)c1ccnc(F)c1)c1ccccc1F. The smallest absolute Gasteiger partial charge is 0.258 e. The van der Waals surface area contributed by atoms with Gasteiger partial charge in [-0.05, 0) is 25.1 Å². The average Bonchev–Trinajstić information content (AvgIpc) is 2.41. The highest BCUT2D eigenvalue weighted by Crippen LogP contribution is 2.20. The summed E-state index contributed by atoms with van der Waals surface area (Å²) in [5.74, 6) is -1.70. The van der Waals surface area contributed by atoms with E-state index in [0.29, 0.717) is 0 Å². The first-order valence-corrected chi connectivity index (χ1v) is 5.81. The molecule has 0 aliphatic heterocycles. The Morgan fingerprint density at radius 1 is 1.26 bits per heavy atom. The van der Waals surface area contributed by atoms with Crippen LogP contribution >= 0.6 is 0 Å². The summed E-state index contributed by atoms with van der Waals surface area (Å²) in [5, 5.41) is 0. The Bertz CT molecular complexity index is 602. The van der Waals surface area contributed by atoms with Gasteiger partial charge in [0.25, 0.3) is 5.91 Å². The second-order valence-electron chi connectivity index (χ2n) is 3.87. The minimum absolute atomic E-state index is 0.137. The second kappa shape index (κ2) is 5.56. The van der Waals surface area contributed by atoms with Crippen LogP contribution < -0.4 is 4.90 Å². The van der Waals surface area contributed by atoms with Crippen LogP contribution in [0.4, 0.5) is 14.5 Å². The van der Waals surface area contributed by atoms with Gasteiger partial charge in [0, 0.05) is 24.4 Å². The number of halogens is 2. The maximum Gasteiger partial charge on any atom is 0.258 e. The van der Waals surface area contributed by atoms with Gasteiger partial charge in [-0.1, -0.05) is 12.1 Å². The molecule has 98 valence electrons. The monoisotopic (exact) mass is 262 g/mol. The molecule has 1 aromatic carbocycles. The maximum absolute atomic E-state index is 13.7. The first-order chi connectivity index (χ1) is 9.13. The first-order valence-electron chi connectivity index (χ1n) is 5.81. The Hall–Kier alpha value is -2.30. The lowest BCUT2D eigenvalue weighted by atomic mass is 10.2. The summed E-state index contributed by atoms with van der Waals surface area (Å²) >= 11 is 0. The van der Waals surface area contributed by atoms with Crippen LogP contribution in [0.5, 0.6) is 0 Å². The molecule has 0 bridgehead atoms. The normalized spacial score (nSPS) is 10.3. The number of amides is 1. The third kappa shape index (κ3) is 2.76. The number of para-hydroxylation sites is 1. The van der Waals surface area contributed by atoms with Crippen LogP contribution in [0.25, 0.3) is 0 Å². The van der Waals surface area contributed by atoms with E-state index in [1.54, 1.807) is 19.1 Å². The van der Waals surface area contributed by atoms with Crippen LogP contribution in [-0.2, 0) is 0 Å². The number of hydrogen-bond acceptors (Lipinski definition) is 2. The lowest BCUT2D eigenvalue weighted by Gasteiger charge is -2.21. The van der Waals surface area contributed by atoms with Crippen molar-refractivity contribution >= 4 is 11.6 Å². The predicted molar refractivity (Wildman–Crippen MR) is 67.9 cm³/mol. The topological polar surface area (TPSA) is 33.2 Å². The molecule has 19 heavy (non-hydrogen) atoms. The Morgan fingerprint density at radius 3 is 2.63 bits per heavy atom. The van der Waals surface area contributed by atoms with Gasteiger partial charge in [-0.25, -0.2) is 9.37 Å². The summed E-state index contributed by atoms with van der Waals surface area (Å²) in [5.41, 5.74) is 0.310. The van der Waals surface area contributed by atoms with Crippen molar-refractivity contribution < 1.29 is 13.6 Å². The van der Waals surface area contributed by atoms with Gasteiger partial charge < -0.3 is 4.90 Å². The molecule has 1 aromatic heterocycles. The summed E-state index contributed by atoms with van der Waals surface area (Å²) in [4.78, 5) is 16.9. The van der Waals surface area contributed by atoms with Crippen LogP contribution in [0.15, 0.2) is 42.6 Å². The Balaban J connectivity index is 2.38. The molecule has 0 saturated heterocycles. The summed E-state index contributed by atoms with van der Waals surface area (Å²) in [6.45, 7) is 2.01. The van der Waals surface area contributed by atoms with Crippen molar-refractivity contribution in [2.24, 2.45) is 0 Å². The largest absolute Gasteiger partial charge is 0.306 e. The van der Waals surface area contributed by atoms with E-state index in [1.165, 1.54) is 29.3 Å². The summed E-state index contributed by atoms with van der Waals surface area (Å²) in [6, 6.07) is 8.40. The Kier molecular flexibility index (Phi) is 3.85. The minimum atomic E-state index is -0.740. The van der Waals surface area contributed by atoms with Crippen molar-refractivity contribution in [1.82, 2.24) is 4.98 Å². The second-order valence-corrected chi connectivity index (χ2v) is 3.87. The lowest BCUT2D eigenvalue weighted by Crippen LogP contribution is -2.31. The molecule has 3 nitrogen and oxygen atoms in total. The number of pyridine rings is 1. The van der Waals surface area contributed by atoms with Crippen LogP contribution in [-0.4, -0.2) is 17.4 Å². The highest BCUT2D eigenvalue weighted by atomic mass is 19.1. The fourth-order valence-electron chi connectivity index (χ4n) is 1.79. The number of aromatic nitrogens is 1. The zero-order valence-corrected chi connectivity index (χ0v) is 10.3. The molecule has 2 rings (SSSR count). The molecule has 0 fully saturated rings. The number of nitrogens with zero attached hydrogens (tertiary/aromatic N) is 2. The molecule has 0 aliphatic rings. The fourth-order valence-corrected chi connectivity index (χ4v) is 1.79. The molecule has 2 aromatic rings. The van der Waals surface area contributed by atoms with Gasteiger partial charge in [0.15, 0.2) is 0 Å². The highest BCUT2D eigenvalue weighted by molar-refractivity contribution is 6.06. The Labute approximate surface area is 109 Å². The highest BCUT2D eigenvalue weighted by Gasteiger charge is 2.19. The standard InChI is InChI=1S/C14H12F2N2O/c1-2-18(12-6-4-3-5-11(12)15)14(19)10-7-8-17-13(16)9-10/h3-9H,2H2,1H3. The van der Waals surface area contributed by atoms with Crippen LogP contribution in [0, 0.1) is 11.8 Å². The van der Waals surface area contributed by atoms with Gasteiger partial charge in [0.2, 0.25) is 5.95 Å². The zero-order valence-electron chi connectivity index (χ0n) is 10.3. The predicted octanol–water partition coefficient (Wildman–Crippen LogP) is 3.03. The molecule has 0 spiro atoms. The van der Waals surface area contributed by atoms with Crippen LogP contribution in [0.3, 0.4) is 0 Å². The van der Waals surface area contributed by atoms with E-state index in [9.17, 15) is 13.6 Å². The number of hydrogen-bond donors (Lipinski definition) is 0. The summed E-state index contributed by atoms with van der Waals surface area (Å²) in [7, 11) is 0. The number of carbonyl (C=O) groups excluding carboxylic acids is 1. The van der Waals surface area contributed by atoms with Crippen molar-refractivity contribution in [2.75, 3.05) is 11.4 Å². The van der Waals surface area contributed by atoms with Gasteiger partial charge in [-0.15, -0.1) is 0 Å². The maximum atomic E-state index is 13.7. The van der Waals surface area contributed by atoms with Gasteiger partial charge in [0.1, 0.15) is 5.82 Å². The molecule has 0 unspecified atom stereocenters. The molecule has 0 saturated carbocycles. The van der Waals surface area contributed by atoms with Crippen molar-refractivity contribution in [2.45, 2.75) is 6.92 Å². The van der Waals surface area contributed by atoms with Crippen LogP contribution in [0.2, 0.25) is 0 Å². The van der Waals surface area contributed by atoms with E-state index < -0.39 is 17.7 Å². The zero-order chi connectivity index (χ0) is 13.8. The summed E-state index contributed by atoms with van der Waals surface area (Å²) < 4.78 is 26.7. The molecule has 0 N–H and O–H groups in total. The van der Waals surface area contributed by atoms with Crippen molar-refractivity contribution in [3.05, 3.63) is 59.9 Å². The van der Waals surface area contributed by atoms with Gasteiger partial charge >= 0.3 is 0 Å². The number of benzene rings is 1. The molecule has 1 amide bonds. The van der Waals surface area contributed by atoms with E-state index >= 15 is 0 Å². The first kappa shape index (κ1) is 13.1. The van der Waals surface area contributed by atoms with Crippen molar-refractivity contribution in [1.29, 1.82) is 0 Å². The number of carbonyl (C=O) groups is 1. The number of rotatable bonds is 3. The third-order valence-corrected chi connectivity index (χ3v) is 2.68. The fraction of sp³-hybridized carbons (Fsp3) is 0.143. The summed E-state index contributed by atoms with van der Waals surface area (Å²) in [6.07, 6.45) is 1.21. The quantitative estimate of drug-likeness (QED) is 0.796. The van der Waals surface area contributed by atoms with Gasteiger partial charge in [-0.3, -0.25) is 4.79 Å². The van der Waals surface area contributed by atoms with E-state index in [1.807, 2.05) is 0 Å². The number of anilines is 1. The van der Waals surface area contributed by atoms with E-state index in [-0.39, 0.29) is 17.8 Å². The molecule has 0 atom stereocenters. The molecular formula is C14H12F2N2O. The van der Waals surface area contributed by atoms with E-state index in [2.05, 4.69) is 4.98 Å². The lowest BCUT2D eigenvalue weighted by molar-refractivity contribution is 0.0987. The average molecular weight is 262 g/mol. The third-order valence-electron chi connectivity index (χ3n) is 2.68.